The number of nitrogens with zero attached hydrogens (tertiary/aromatic N) is 2. The molecule has 2 aromatic rings. The van der Waals surface area contributed by atoms with Crippen molar-refractivity contribution in [1.29, 1.82) is 0 Å². The number of hydrogen-bond donors (Lipinski definition) is 0. The summed E-state index contributed by atoms with van der Waals surface area (Å²) in [5.41, 5.74) is 1.08. The van der Waals surface area contributed by atoms with Crippen molar-refractivity contribution in [2.24, 2.45) is 4.99 Å². The molecule has 0 radical (unpaired) electrons. The monoisotopic (exact) mass is 318 g/mol. The van der Waals surface area contributed by atoms with E-state index in [9.17, 15) is 14.4 Å². The third-order valence-electron chi connectivity index (χ3n) is 2.72. The molecule has 0 atom stereocenters. The maximum atomic E-state index is 11.8. The van der Waals surface area contributed by atoms with Crippen LogP contribution in [-0.4, -0.2) is 22.2 Å². The molecular weight excluding hydrogens is 304 g/mol. The van der Waals surface area contributed by atoms with Crippen LogP contribution in [-0.2, 0) is 4.79 Å². The van der Waals surface area contributed by atoms with Crippen LogP contribution in [0.4, 0.5) is 5.69 Å². The van der Waals surface area contributed by atoms with Gasteiger partial charge in [-0.15, -0.1) is 11.3 Å². The number of Topliss-reactive ketones (excluding diaryl/α,β-unsaturated/α-hetero) is 1. The molecule has 6 nitrogen and oxygen atoms in total. The van der Waals surface area contributed by atoms with Gasteiger partial charge in [0.05, 0.1) is 11.1 Å². The zero-order valence-electron chi connectivity index (χ0n) is 12.3. The van der Waals surface area contributed by atoms with Crippen LogP contribution in [0.5, 0.6) is 5.88 Å². The highest BCUT2D eigenvalue weighted by atomic mass is 32.1. The van der Waals surface area contributed by atoms with Crippen molar-refractivity contribution >= 4 is 34.7 Å². The molecule has 0 N–H and O–H groups in total. The third-order valence-corrected chi connectivity index (χ3v) is 3.52. The van der Waals surface area contributed by atoms with Crippen LogP contribution in [0.1, 0.15) is 35.9 Å². The van der Waals surface area contributed by atoms with Crippen molar-refractivity contribution in [3.05, 3.63) is 40.0 Å². The van der Waals surface area contributed by atoms with E-state index in [2.05, 4.69) is 4.99 Å². The minimum absolute atomic E-state index is 0.0664. The van der Waals surface area contributed by atoms with Gasteiger partial charge in [0.2, 0.25) is 11.8 Å². The van der Waals surface area contributed by atoms with E-state index in [0.717, 1.165) is 0 Å². The van der Waals surface area contributed by atoms with E-state index in [1.54, 1.807) is 24.3 Å². The van der Waals surface area contributed by atoms with Gasteiger partial charge in [-0.05, 0) is 19.1 Å². The molecule has 0 aliphatic rings. The zero-order chi connectivity index (χ0) is 16.3. The first-order valence-corrected chi connectivity index (χ1v) is 7.32. The molecule has 2 rings (SSSR count). The molecule has 0 fully saturated rings. The lowest BCUT2D eigenvalue weighted by Crippen LogP contribution is -2.22. The Morgan fingerprint density at radius 1 is 1.18 bits per heavy atom. The molecule has 0 unspecified atom stereocenters. The number of hydrogen-bond acceptors (Lipinski definition) is 6. The van der Waals surface area contributed by atoms with E-state index in [1.807, 2.05) is 0 Å². The normalized spacial score (nSPS) is 11.3. The number of esters is 1. The third kappa shape index (κ3) is 3.56. The SMILES string of the molecule is CC(=O)Oc1csc(=Nc2cccc(C(C)=O)c2)n1C(C)=O. The van der Waals surface area contributed by atoms with Crippen LogP contribution in [0.25, 0.3) is 0 Å². The summed E-state index contributed by atoms with van der Waals surface area (Å²) in [6, 6.07) is 6.77. The summed E-state index contributed by atoms with van der Waals surface area (Å²) in [6.45, 7) is 4.08. The fraction of sp³-hybridized carbons (Fsp3) is 0.200. The minimum atomic E-state index is -0.516. The number of ether oxygens (including phenoxy) is 1. The van der Waals surface area contributed by atoms with Crippen LogP contribution in [0.2, 0.25) is 0 Å². The molecule has 0 spiro atoms. The summed E-state index contributed by atoms with van der Waals surface area (Å²) in [4.78, 5) is 38.9. The van der Waals surface area contributed by atoms with Gasteiger partial charge in [0, 0.05) is 19.4 Å². The van der Waals surface area contributed by atoms with E-state index < -0.39 is 5.97 Å². The fourth-order valence-corrected chi connectivity index (χ4v) is 2.63. The average molecular weight is 318 g/mol. The first-order chi connectivity index (χ1) is 10.4. The molecule has 0 aliphatic heterocycles. The summed E-state index contributed by atoms with van der Waals surface area (Å²) < 4.78 is 6.20. The quantitative estimate of drug-likeness (QED) is 0.643. The van der Waals surface area contributed by atoms with Gasteiger partial charge in [-0.1, -0.05) is 12.1 Å². The van der Waals surface area contributed by atoms with Gasteiger partial charge in [-0.25, -0.2) is 9.56 Å². The Morgan fingerprint density at radius 3 is 2.50 bits per heavy atom. The highest BCUT2D eigenvalue weighted by Gasteiger charge is 2.12. The van der Waals surface area contributed by atoms with Crippen molar-refractivity contribution in [2.45, 2.75) is 20.8 Å². The van der Waals surface area contributed by atoms with E-state index >= 15 is 0 Å². The summed E-state index contributed by atoms with van der Waals surface area (Å²) in [5, 5.41) is 1.54. The standard InChI is InChI=1S/C15H14N2O4S/c1-9(18)12-5-4-6-13(7-12)16-15-17(10(2)19)14(8-22-15)21-11(3)20/h4-8H,1-3H3. The Hall–Kier alpha value is -2.54. The van der Waals surface area contributed by atoms with Crippen LogP contribution in [0, 0.1) is 0 Å². The summed E-state index contributed by atoms with van der Waals surface area (Å²) in [7, 11) is 0. The Labute approximate surface area is 130 Å². The summed E-state index contributed by atoms with van der Waals surface area (Å²) in [5.74, 6) is -0.772. The largest absolute Gasteiger partial charge is 0.408 e. The molecule has 0 bridgehead atoms. The predicted molar refractivity (Wildman–Crippen MR) is 81.6 cm³/mol. The van der Waals surface area contributed by atoms with Crippen molar-refractivity contribution in [1.82, 2.24) is 4.57 Å². The van der Waals surface area contributed by atoms with E-state index in [0.29, 0.717) is 16.1 Å². The number of ketones is 1. The van der Waals surface area contributed by atoms with Gasteiger partial charge < -0.3 is 4.74 Å². The lowest BCUT2D eigenvalue weighted by atomic mass is 10.1. The molecule has 1 aromatic heterocycles. The smallest absolute Gasteiger partial charge is 0.309 e. The van der Waals surface area contributed by atoms with Gasteiger partial charge >= 0.3 is 5.97 Å². The number of benzene rings is 1. The maximum absolute atomic E-state index is 11.8. The summed E-state index contributed by atoms with van der Waals surface area (Å²) >= 11 is 1.17. The number of carbonyl (C=O) groups is 3. The molecule has 0 saturated heterocycles. The number of thiazole rings is 1. The minimum Gasteiger partial charge on any atom is -0.408 e. The Kier molecular flexibility index (Phi) is 4.67. The van der Waals surface area contributed by atoms with E-state index in [1.165, 1.54) is 42.1 Å². The highest BCUT2D eigenvalue weighted by Crippen LogP contribution is 2.17. The second-order valence-electron chi connectivity index (χ2n) is 4.52. The molecule has 114 valence electrons. The average Bonchev–Trinajstić information content (AvgIpc) is 2.80. The van der Waals surface area contributed by atoms with Gasteiger partial charge in [0.15, 0.2) is 10.6 Å². The van der Waals surface area contributed by atoms with E-state index in [-0.39, 0.29) is 17.6 Å². The first-order valence-electron chi connectivity index (χ1n) is 6.44. The number of carbonyl (C=O) groups excluding carboxylic acids is 3. The number of aromatic nitrogens is 1. The molecule has 7 heteroatoms. The van der Waals surface area contributed by atoms with Crippen molar-refractivity contribution in [2.75, 3.05) is 0 Å². The second kappa shape index (κ2) is 6.48. The van der Waals surface area contributed by atoms with Crippen molar-refractivity contribution < 1.29 is 19.1 Å². The highest BCUT2D eigenvalue weighted by molar-refractivity contribution is 7.07. The van der Waals surface area contributed by atoms with Crippen molar-refractivity contribution in [3.8, 4) is 5.88 Å². The molecule has 1 heterocycles. The van der Waals surface area contributed by atoms with Crippen LogP contribution >= 0.6 is 11.3 Å². The van der Waals surface area contributed by atoms with Gasteiger partial charge in [0.1, 0.15) is 0 Å². The number of rotatable bonds is 3. The summed E-state index contributed by atoms with van der Waals surface area (Å²) in [6.07, 6.45) is 0. The zero-order valence-corrected chi connectivity index (χ0v) is 13.1. The predicted octanol–water partition coefficient (Wildman–Crippen LogP) is 2.57. The molecule has 0 saturated carbocycles. The lowest BCUT2D eigenvalue weighted by Gasteiger charge is -2.03. The lowest BCUT2D eigenvalue weighted by molar-refractivity contribution is -0.132. The Balaban J connectivity index is 2.54. The Morgan fingerprint density at radius 2 is 1.91 bits per heavy atom. The molecule has 0 aliphatic carbocycles. The molecule has 1 aromatic carbocycles. The molecule has 0 amide bonds. The van der Waals surface area contributed by atoms with Gasteiger partial charge in [0.25, 0.3) is 0 Å². The molecule has 22 heavy (non-hydrogen) atoms. The fourth-order valence-electron chi connectivity index (χ4n) is 1.79. The van der Waals surface area contributed by atoms with Gasteiger partial charge in [-0.2, -0.15) is 0 Å². The molecular formula is C15H14N2O4S. The van der Waals surface area contributed by atoms with Crippen LogP contribution in [0.3, 0.4) is 0 Å². The van der Waals surface area contributed by atoms with E-state index in [4.69, 9.17) is 4.74 Å². The maximum Gasteiger partial charge on any atom is 0.309 e. The van der Waals surface area contributed by atoms with Crippen LogP contribution < -0.4 is 9.54 Å². The van der Waals surface area contributed by atoms with Crippen LogP contribution in [0.15, 0.2) is 34.6 Å². The Bertz CT molecular complexity index is 817. The topological polar surface area (TPSA) is 77.7 Å². The first kappa shape index (κ1) is 15.8. The van der Waals surface area contributed by atoms with Gasteiger partial charge in [-0.3, -0.25) is 14.4 Å². The van der Waals surface area contributed by atoms with Crippen molar-refractivity contribution in [3.63, 3.8) is 0 Å². The second-order valence-corrected chi connectivity index (χ2v) is 5.36.